The Bertz CT molecular complexity index is 1260. The Labute approximate surface area is 196 Å². The molecule has 0 aliphatic carbocycles. The van der Waals surface area contributed by atoms with E-state index in [1.165, 1.54) is 34.9 Å². The fraction of sp³-hybridized carbons (Fsp3) is 0.150. The smallest absolute Gasteiger partial charge is 0.325 e. The standard InChI is InChI=1S/C20H15Cl3N4O5/c21-11-1-3-14(15(23)5-11)20(31)25-7-17(28)24-8-19(30)32-10-13-6-18(29)27-9-12(22)2-4-16(27)26-13/h1-6,9H,7-8,10H2,(H,24,28)(H,25,31). The number of hydrogen-bond acceptors (Lipinski definition) is 6. The van der Waals surface area contributed by atoms with Gasteiger partial charge in [-0.15, -0.1) is 0 Å². The second-order valence-electron chi connectivity index (χ2n) is 6.41. The Morgan fingerprint density at radius 3 is 2.47 bits per heavy atom. The average Bonchev–Trinajstić information content (AvgIpc) is 2.75. The van der Waals surface area contributed by atoms with E-state index in [-0.39, 0.29) is 35.0 Å². The molecule has 3 aromatic rings. The van der Waals surface area contributed by atoms with Crippen LogP contribution < -0.4 is 16.2 Å². The highest BCUT2D eigenvalue weighted by Crippen LogP contribution is 2.20. The van der Waals surface area contributed by atoms with Gasteiger partial charge in [-0.25, -0.2) is 4.98 Å². The maximum absolute atomic E-state index is 12.1. The number of aromatic nitrogens is 2. The van der Waals surface area contributed by atoms with Gasteiger partial charge in [0.1, 0.15) is 18.8 Å². The fourth-order valence-electron chi connectivity index (χ4n) is 2.57. The van der Waals surface area contributed by atoms with Crippen LogP contribution in [0.3, 0.4) is 0 Å². The molecule has 166 valence electrons. The minimum absolute atomic E-state index is 0.143. The van der Waals surface area contributed by atoms with Crippen LogP contribution in [0.2, 0.25) is 15.1 Å². The normalized spacial score (nSPS) is 10.6. The van der Waals surface area contributed by atoms with E-state index in [0.717, 1.165) is 0 Å². The van der Waals surface area contributed by atoms with Crippen LogP contribution in [0, 0.1) is 0 Å². The molecular formula is C20H15Cl3N4O5. The average molecular weight is 498 g/mol. The van der Waals surface area contributed by atoms with Gasteiger partial charge in [-0.1, -0.05) is 34.8 Å². The lowest BCUT2D eigenvalue weighted by molar-refractivity contribution is -0.145. The van der Waals surface area contributed by atoms with Gasteiger partial charge in [0.25, 0.3) is 11.5 Å². The summed E-state index contributed by atoms with van der Waals surface area (Å²) in [5.41, 5.74) is 0.361. The molecule has 0 fully saturated rings. The molecule has 0 aliphatic heterocycles. The van der Waals surface area contributed by atoms with Crippen molar-refractivity contribution < 1.29 is 19.1 Å². The molecule has 2 heterocycles. The van der Waals surface area contributed by atoms with Crippen LogP contribution in [0.25, 0.3) is 5.65 Å². The molecule has 0 aliphatic rings. The number of nitrogens with zero attached hydrogens (tertiary/aromatic N) is 2. The summed E-state index contributed by atoms with van der Waals surface area (Å²) in [7, 11) is 0. The zero-order valence-electron chi connectivity index (χ0n) is 16.2. The lowest BCUT2D eigenvalue weighted by atomic mass is 10.2. The van der Waals surface area contributed by atoms with Crippen molar-refractivity contribution in [1.82, 2.24) is 20.0 Å². The lowest BCUT2D eigenvalue weighted by Gasteiger charge is -2.09. The summed E-state index contributed by atoms with van der Waals surface area (Å²) in [5.74, 6) is -1.93. The molecule has 1 aromatic carbocycles. The van der Waals surface area contributed by atoms with Crippen molar-refractivity contribution in [3.63, 3.8) is 0 Å². The van der Waals surface area contributed by atoms with E-state index in [1.54, 1.807) is 12.1 Å². The number of hydrogen-bond donors (Lipinski definition) is 2. The summed E-state index contributed by atoms with van der Waals surface area (Å²) in [4.78, 5) is 52.1. The highest BCUT2D eigenvalue weighted by molar-refractivity contribution is 6.36. The van der Waals surface area contributed by atoms with E-state index < -0.39 is 24.3 Å². The molecule has 2 aromatic heterocycles. The van der Waals surface area contributed by atoms with Crippen LogP contribution in [0.4, 0.5) is 0 Å². The van der Waals surface area contributed by atoms with Crippen molar-refractivity contribution in [1.29, 1.82) is 0 Å². The summed E-state index contributed by atoms with van der Waals surface area (Å²) >= 11 is 17.6. The Kier molecular flexibility index (Phi) is 7.68. The van der Waals surface area contributed by atoms with Crippen LogP contribution in [0.1, 0.15) is 16.1 Å². The van der Waals surface area contributed by atoms with Gasteiger partial charge in [0.15, 0.2) is 0 Å². The molecule has 0 saturated carbocycles. The van der Waals surface area contributed by atoms with Gasteiger partial charge in [0.2, 0.25) is 5.91 Å². The number of carbonyl (C=O) groups excluding carboxylic acids is 3. The Hall–Kier alpha value is -3.14. The van der Waals surface area contributed by atoms with E-state index in [9.17, 15) is 19.2 Å². The van der Waals surface area contributed by atoms with Crippen LogP contribution in [-0.2, 0) is 20.9 Å². The molecule has 0 atom stereocenters. The fourth-order valence-corrected chi connectivity index (χ4v) is 3.22. The first-order valence-electron chi connectivity index (χ1n) is 9.06. The molecule has 9 nitrogen and oxygen atoms in total. The molecule has 0 radical (unpaired) electrons. The third-order valence-electron chi connectivity index (χ3n) is 4.07. The number of nitrogens with one attached hydrogen (secondary N) is 2. The summed E-state index contributed by atoms with van der Waals surface area (Å²) in [6.45, 7) is -1.07. The van der Waals surface area contributed by atoms with Crippen LogP contribution in [0.15, 0.2) is 47.4 Å². The van der Waals surface area contributed by atoms with Gasteiger partial charge in [-0.3, -0.25) is 23.6 Å². The SMILES string of the molecule is O=C(CNC(=O)c1ccc(Cl)cc1Cl)NCC(=O)OCc1cc(=O)n2cc(Cl)ccc2n1. The van der Waals surface area contributed by atoms with Gasteiger partial charge in [0.05, 0.1) is 27.8 Å². The van der Waals surface area contributed by atoms with Gasteiger partial charge < -0.3 is 15.4 Å². The number of halogens is 3. The number of rotatable bonds is 7. The quantitative estimate of drug-likeness (QED) is 0.483. The molecule has 3 rings (SSSR count). The van der Waals surface area contributed by atoms with E-state index >= 15 is 0 Å². The van der Waals surface area contributed by atoms with E-state index in [2.05, 4.69) is 15.6 Å². The molecular weight excluding hydrogens is 483 g/mol. The number of esters is 1. The predicted octanol–water partition coefficient (Wildman–Crippen LogP) is 2.24. The van der Waals surface area contributed by atoms with Crippen molar-refractivity contribution >= 4 is 58.2 Å². The predicted molar refractivity (Wildman–Crippen MR) is 118 cm³/mol. The zero-order valence-corrected chi connectivity index (χ0v) is 18.5. The van der Waals surface area contributed by atoms with Crippen LogP contribution in [0.5, 0.6) is 0 Å². The molecule has 12 heteroatoms. The summed E-state index contributed by atoms with van der Waals surface area (Å²) in [5, 5.41) is 5.59. The van der Waals surface area contributed by atoms with Crippen LogP contribution >= 0.6 is 34.8 Å². The number of amides is 2. The first-order chi connectivity index (χ1) is 15.2. The van der Waals surface area contributed by atoms with Crippen molar-refractivity contribution in [2.75, 3.05) is 13.1 Å². The minimum Gasteiger partial charge on any atom is -0.458 e. The van der Waals surface area contributed by atoms with E-state index in [4.69, 9.17) is 39.5 Å². The zero-order chi connectivity index (χ0) is 23.3. The number of carbonyl (C=O) groups is 3. The summed E-state index contributed by atoms with van der Waals surface area (Å²) in [6.07, 6.45) is 1.43. The van der Waals surface area contributed by atoms with Crippen LogP contribution in [-0.4, -0.2) is 40.3 Å². The van der Waals surface area contributed by atoms with E-state index in [1.807, 2.05) is 0 Å². The monoisotopic (exact) mass is 496 g/mol. The highest BCUT2D eigenvalue weighted by Gasteiger charge is 2.13. The molecule has 0 bridgehead atoms. The number of pyridine rings is 1. The number of fused-ring (bicyclic) bond motifs is 1. The molecule has 0 unspecified atom stereocenters. The third kappa shape index (κ3) is 6.19. The van der Waals surface area contributed by atoms with Gasteiger partial charge in [0, 0.05) is 17.3 Å². The molecule has 0 spiro atoms. The Balaban J connectivity index is 1.45. The number of ether oxygens (including phenoxy) is 1. The van der Waals surface area contributed by atoms with Crippen molar-refractivity contribution in [2.24, 2.45) is 0 Å². The first kappa shape index (κ1) is 23.5. The number of benzene rings is 1. The first-order valence-corrected chi connectivity index (χ1v) is 10.2. The maximum Gasteiger partial charge on any atom is 0.325 e. The highest BCUT2D eigenvalue weighted by atomic mass is 35.5. The molecule has 2 amide bonds. The third-order valence-corrected chi connectivity index (χ3v) is 4.84. The Morgan fingerprint density at radius 2 is 1.72 bits per heavy atom. The maximum atomic E-state index is 12.1. The second-order valence-corrected chi connectivity index (χ2v) is 7.69. The molecule has 0 saturated heterocycles. The van der Waals surface area contributed by atoms with Crippen molar-refractivity contribution in [3.05, 3.63) is 79.3 Å². The molecule has 2 N–H and O–H groups in total. The van der Waals surface area contributed by atoms with Gasteiger partial charge in [-0.05, 0) is 30.3 Å². The topological polar surface area (TPSA) is 119 Å². The molecule has 32 heavy (non-hydrogen) atoms. The van der Waals surface area contributed by atoms with Gasteiger partial charge in [-0.2, -0.15) is 0 Å². The lowest BCUT2D eigenvalue weighted by Crippen LogP contribution is -2.39. The van der Waals surface area contributed by atoms with Gasteiger partial charge >= 0.3 is 5.97 Å². The second kappa shape index (κ2) is 10.4. The summed E-state index contributed by atoms with van der Waals surface area (Å²) in [6, 6.07) is 8.67. The van der Waals surface area contributed by atoms with Crippen molar-refractivity contribution in [2.45, 2.75) is 6.61 Å². The minimum atomic E-state index is -0.747. The Morgan fingerprint density at radius 1 is 0.969 bits per heavy atom. The summed E-state index contributed by atoms with van der Waals surface area (Å²) < 4.78 is 6.28. The van der Waals surface area contributed by atoms with Crippen molar-refractivity contribution in [3.8, 4) is 0 Å². The largest absolute Gasteiger partial charge is 0.458 e. The van der Waals surface area contributed by atoms with E-state index in [0.29, 0.717) is 15.7 Å².